The van der Waals surface area contributed by atoms with Crippen molar-refractivity contribution in [2.75, 3.05) is 18.5 Å². The summed E-state index contributed by atoms with van der Waals surface area (Å²) in [6, 6.07) is 12.2. The maximum atomic E-state index is 13.2. The number of aromatic carboxylic acids is 1. The second-order valence-electron chi connectivity index (χ2n) is 6.60. The van der Waals surface area contributed by atoms with Crippen LogP contribution in [0.25, 0.3) is 0 Å². The van der Waals surface area contributed by atoms with Crippen molar-refractivity contribution < 1.29 is 19.5 Å². The number of carboxylic acids is 1. The Morgan fingerprint density at radius 1 is 1.11 bits per heavy atom. The van der Waals surface area contributed by atoms with Crippen LogP contribution < -0.4 is 10.2 Å². The van der Waals surface area contributed by atoms with Crippen molar-refractivity contribution in [2.45, 2.75) is 6.04 Å². The van der Waals surface area contributed by atoms with Gasteiger partial charge in [0.1, 0.15) is 0 Å². The first-order chi connectivity index (χ1) is 13.4. The summed E-state index contributed by atoms with van der Waals surface area (Å²) in [5.41, 5.74) is 2.58. The third-order valence-corrected chi connectivity index (χ3v) is 5.24. The van der Waals surface area contributed by atoms with Crippen LogP contribution in [0.15, 0.2) is 59.8 Å². The normalized spacial score (nSPS) is 19.0. The van der Waals surface area contributed by atoms with Crippen molar-refractivity contribution in [2.24, 2.45) is 0 Å². The van der Waals surface area contributed by atoms with Crippen molar-refractivity contribution in [1.82, 2.24) is 10.2 Å². The summed E-state index contributed by atoms with van der Waals surface area (Å²) in [6.45, 7) is 0.231. The van der Waals surface area contributed by atoms with Crippen LogP contribution in [-0.4, -0.2) is 41.5 Å². The van der Waals surface area contributed by atoms with Crippen LogP contribution in [0.2, 0.25) is 5.02 Å². The second-order valence-corrected chi connectivity index (χ2v) is 7.03. The molecule has 0 aliphatic carbocycles. The lowest BCUT2D eigenvalue weighted by atomic mass is 9.96. The Morgan fingerprint density at radius 3 is 2.36 bits per heavy atom. The summed E-state index contributed by atoms with van der Waals surface area (Å²) in [6.07, 6.45) is 0. The molecule has 28 heavy (non-hydrogen) atoms. The lowest BCUT2D eigenvalue weighted by molar-refractivity contribution is -0.114. The van der Waals surface area contributed by atoms with Crippen molar-refractivity contribution in [3.05, 3.63) is 76.0 Å². The number of benzene rings is 2. The van der Waals surface area contributed by atoms with Gasteiger partial charge in [0.25, 0.3) is 5.91 Å². The number of hydrogen-bond donors (Lipinski definition) is 2. The third-order valence-electron chi connectivity index (χ3n) is 4.99. The van der Waals surface area contributed by atoms with E-state index in [1.54, 1.807) is 43.4 Å². The van der Waals surface area contributed by atoms with Crippen molar-refractivity contribution in [3.63, 3.8) is 0 Å². The molecule has 0 aromatic heterocycles. The van der Waals surface area contributed by atoms with E-state index in [2.05, 4.69) is 5.32 Å². The highest BCUT2D eigenvalue weighted by Gasteiger charge is 2.43. The highest BCUT2D eigenvalue weighted by molar-refractivity contribution is 6.30. The zero-order valence-corrected chi connectivity index (χ0v) is 15.6. The van der Waals surface area contributed by atoms with Crippen LogP contribution in [0.5, 0.6) is 0 Å². The average molecular weight is 398 g/mol. The minimum atomic E-state index is -1.03. The van der Waals surface area contributed by atoms with Crippen LogP contribution in [0.1, 0.15) is 22.0 Å². The lowest BCUT2D eigenvalue weighted by Crippen LogP contribution is -2.45. The molecule has 0 spiro atoms. The molecule has 0 saturated heterocycles. The van der Waals surface area contributed by atoms with Gasteiger partial charge in [0, 0.05) is 17.8 Å². The molecule has 8 heteroatoms. The Labute approximate surface area is 165 Å². The highest BCUT2D eigenvalue weighted by Crippen LogP contribution is 2.37. The van der Waals surface area contributed by atoms with Gasteiger partial charge >= 0.3 is 12.0 Å². The van der Waals surface area contributed by atoms with Gasteiger partial charge in [-0.2, -0.15) is 0 Å². The Hall–Kier alpha value is -3.32. The van der Waals surface area contributed by atoms with Gasteiger partial charge in [0.15, 0.2) is 0 Å². The predicted octanol–water partition coefficient (Wildman–Crippen LogP) is 3.04. The van der Waals surface area contributed by atoms with E-state index in [0.717, 1.165) is 5.56 Å². The third kappa shape index (κ3) is 2.90. The molecule has 0 unspecified atom stereocenters. The fraction of sp³-hybridized carbons (Fsp3) is 0.150. The van der Waals surface area contributed by atoms with Crippen molar-refractivity contribution in [3.8, 4) is 0 Å². The van der Waals surface area contributed by atoms with E-state index in [9.17, 15) is 14.4 Å². The first kappa shape index (κ1) is 18.1. The van der Waals surface area contributed by atoms with Crippen LogP contribution in [-0.2, 0) is 4.79 Å². The maximum absolute atomic E-state index is 13.2. The number of rotatable bonds is 3. The minimum absolute atomic E-state index is 0.140. The van der Waals surface area contributed by atoms with Gasteiger partial charge in [-0.15, -0.1) is 0 Å². The number of nitrogens with zero attached hydrogens (tertiary/aromatic N) is 2. The minimum Gasteiger partial charge on any atom is -0.478 e. The fourth-order valence-corrected chi connectivity index (χ4v) is 3.59. The smallest absolute Gasteiger partial charge is 0.335 e. The number of carboxylic acid groups (broad SMARTS) is 1. The first-order valence-electron chi connectivity index (χ1n) is 8.55. The first-order valence-corrected chi connectivity index (χ1v) is 8.92. The molecule has 0 bridgehead atoms. The molecular formula is C20H16ClN3O4. The average Bonchev–Trinajstić information content (AvgIpc) is 3.03. The van der Waals surface area contributed by atoms with E-state index in [1.165, 1.54) is 21.9 Å². The Kier molecular flexibility index (Phi) is 4.31. The van der Waals surface area contributed by atoms with Crippen molar-refractivity contribution >= 4 is 35.2 Å². The maximum Gasteiger partial charge on any atom is 0.335 e. The largest absolute Gasteiger partial charge is 0.478 e. The molecule has 142 valence electrons. The Balaban J connectivity index is 1.71. The van der Waals surface area contributed by atoms with Crippen LogP contribution in [0, 0.1) is 0 Å². The molecular weight excluding hydrogens is 382 g/mol. The molecule has 3 amide bonds. The van der Waals surface area contributed by atoms with E-state index in [-0.39, 0.29) is 24.0 Å². The van der Waals surface area contributed by atoms with Crippen LogP contribution in [0.4, 0.5) is 10.5 Å². The molecule has 2 heterocycles. The van der Waals surface area contributed by atoms with Gasteiger partial charge in [0.2, 0.25) is 0 Å². The summed E-state index contributed by atoms with van der Waals surface area (Å²) in [5, 5.41) is 12.5. The molecule has 0 fully saturated rings. The predicted molar refractivity (Wildman–Crippen MR) is 103 cm³/mol. The zero-order valence-electron chi connectivity index (χ0n) is 14.8. The topological polar surface area (TPSA) is 90.0 Å². The number of urea groups is 1. The SMILES string of the molecule is CN1C(=O)N[C@@H](c2ccc(Cl)cc2)C2=C1CN(c1ccc(C(=O)O)cc1)C2=O. The summed E-state index contributed by atoms with van der Waals surface area (Å²) >= 11 is 5.96. The molecule has 4 rings (SSSR count). The number of halogens is 1. The van der Waals surface area contributed by atoms with Crippen molar-refractivity contribution in [1.29, 1.82) is 0 Å². The molecule has 2 aromatic carbocycles. The van der Waals surface area contributed by atoms with Gasteiger partial charge in [-0.25, -0.2) is 9.59 Å². The summed E-state index contributed by atoms with van der Waals surface area (Å²) in [7, 11) is 1.62. The number of carbonyl (C=O) groups excluding carboxylic acids is 2. The summed E-state index contributed by atoms with van der Waals surface area (Å²) < 4.78 is 0. The zero-order chi connectivity index (χ0) is 20.0. The number of amides is 3. The van der Waals surface area contributed by atoms with E-state index >= 15 is 0 Å². The molecule has 2 aromatic rings. The molecule has 2 aliphatic rings. The quantitative estimate of drug-likeness (QED) is 0.833. The summed E-state index contributed by atoms with van der Waals surface area (Å²) in [4.78, 5) is 39.7. The lowest BCUT2D eigenvalue weighted by Gasteiger charge is -2.31. The number of hydrogen-bond acceptors (Lipinski definition) is 3. The standard InChI is InChI=1S/C20H16ClN3O4/c1-23-15-10-24(14-8-4-12(5-9-14)19(26)27)18(25)16(15)17(22-20(23)28)11-2-6-13(21)7-3-11/h2-9,17H,10H2,1H3,(H,22,28)(H,26,27)/t17-/m0/s1. The molecule has 1 atom stereocenters. The second kappa shape index (κ2) is 6.69. The van der Waals surface area contributed by atoms with Crippen LogP contribution in [0.3, 0.4) is 0 Å². The molecule has 7 nitrogen and oxygen atoms in total. The monoisotopic (exact) mass is 397 g/mol. The van der Waals surface area contributed by atoms with E-state index < -0.39 is 12.0 Å². The van der Waals surface area contributed by atoms with Gasteiger partial charge in [-0.3, -0.25) is 9.69 Å². The Morgan fingerprint density at radius 2 is 1.75 bits per heavy atom. The highest BCUT2D eigenvalue weighted by atomic mass is 35.5. The molecule has 2 N–H and O–H groups in total. The summed E-state index contributed by atoms with van der Waals surface area (Å²) in [5.74, 6) is -1.26. The number of carbonyl (C=O) groups is 3. The number of anilines is 1. The van der Waals surface area contributed by atoms with Gasteiger partial charge in [-0.1, -0.05) is 23.7 Å². The van der Waals surface area contributed by atoms with E-state index in [1.807, 2.05) is 0 Å². The molecule has 2 aliphatic heterocycles. The fourth-order valence-electron chi connectivity index (χ4n) is 3.47. The number of nitrogens with one attached hydrogen (secondary N) is 1. The van der Waals surface area contributed by atoms with Gasteiger partial charge in [-0.05, 0) is 42.0 Å². The number of likely N-dealkylation sites (N-methyl/N-ethyl adjacent to an activating group) is 1. The van der Waals surface area contributed by atoms with E-state index in [0.29, 0.717) is 22.0 Å². The Bertz CT molecular complexity index is 1010. The van der Waals surface area contributed by atoms with Crippen LogP contribution >= 0.6 is 11.6 Å². The molecule has 0 radical (unpaired) electrons. The van der Waals surface area contributed by atoms with E-state index in [4.69, 9.17) is 16.7 Å². The van der Waals surface area contributed by atoms with Gasteiger partial charge in [0.05, 0.1) is 29.4 Å². The van der Waals surface area contributed by atoms with Gasteiger partial charge < -0.3 is 15.3 Å². The molecule has 0 saturated carbocycles.